The first-order chi connectivity index (χ1) is 8.38. The van der Waals surface area contributed by atoms with Gasteiger partial charge in [0.2, 0.25) is 5.88 Å². The van der Waals surface area contributed by atoms with Crippen LogP contribution in [0.2, 0.25) is 0 Å². The second-order valence-corrected chi connectivity index (χ2v) is 3.63. The van der Waals surface area contributed by atoms with Gasteiger partial charge in [-0.25, -0.2) is 4.98 Å². The summed E-state index contributed by atoms with van der Waals surface area (Å²) in [5.74, 6) is 0.641. The van der Waals surface area contributed by atoms with Crippen molar-refractivity contribution in [3.05, 3.63) is 54.0 Å². The lowest BCUT2D eigenvalue weighted by Gasteiger charge is -2.05. The highest BCUT2D eigenvalue weighted by Crippen LogP contribution is 2.08. The van der Waals surface area contributed by atoms with E-state index in [9.17, 15) is 0 Å². The Kier molecular flexibility index (Phi) is 4.05. The van der Waals surface area contributed by atoms with E-state index in [4.69, 9.17) is 4.74 Å². The van der Waals surface area contributed by atoms with Crippen LogP contribution in [0.1, 0.15) is 11.3 Å². The normalized spacial score (nSPS) is 10.2. The molecule has 4 nitrogen and oxygen atoms in total. The summed E-state index contributed by atoms with van der Waals surface area (Å²) in [6.07, 6.45) is 3.54. The monoisotopic (exact) mass is 229 g/mol. The van der Waals surface area contributed by atoms with Gasteiger partial charge < -0.3 is 10.1 Å². The van der Waals surface area contributed by atoms with E-state index in [0.29, 0.717) is 5.88 Å². The van der Waals surface area contributed by atoms with E-state index < -0.39 is 0 Å². The maximum absolute atomic E-state index is 5.07. The zero-order chi connectivity index (χ0) is 11.9. The maximum Gasteiger partial charge on any atom is 0.213 e. The van der Waals surface area contributed by atoms with Crippen molar-refractivity contribution < 1.29 is 4.74 Å². The summed E-state index contributed by atoms with van der Waals surface area (Å²) >= 11 is 0. The lowest BCUT2D eigenvalue weighted by Crippen LogP contribution is -2.13. The number of methoxy groups -OCH3 is 1. The smallest absolute Gasteiger partial charge is 0.213 e. The molecule has 0 aliphatic heterocycles. The third kappa shape index (κ3) is 3.53. The molecule has 0 aliphatic carbocycles. The highest BCUT2D eigenvalue weighted by atomic mass is 16.5. The van der Waals surface area contributed by atoms with Crippen LogP contribution in [0.5, 0.6) is 5.88 Å². The molecule has 0 fully saturated rings. The summed E-state index contributed by atoms with van der Waals surface area (Å²) < 4.78 is 5.07. The van der Waals surface area contributed by atoms with Gasteiger partial charge in [-0.1, -0.05) is 6.07 Å². The molecule has 17 heavy (non-hydrogen) atoms. The average Bonchev–Trinajstić information content (AvgIpc) is 2.40. The van der Waals surface area contributed by atoms with Gasteiger partial charge in [0.1, 0.15) is 0 Å². The Morgan fingerprint density at radius 1 is 1.12 bits per heavy atom. The van der Waals surface area contributed by atoms with Crippen LogP contribution >= 0.6 is 0 Å². The lowest BCUT2D eigenvalue weighted by molar-refractivity contribution is 0.397. The number of rotatable bonds is 5. The van der Waals surface area contributed by atoms with Gasteiger partial charge in [0, 0.05) is 31.5 Å². The Morgan fingerprint density at radius 3 is 2.82 bits per heavy atom. The summed E-state index contributed by atoms with van der Waals surface area (Å²) in [5, 5.41) is 3.32. The number of pyridine rings is 2. The minimum absolute atomic E-state index is 0.641. The van der Waals surface area contributed by atoms with Crippen LogP contribution < -0.4 is 10.1 Å². The lowest BCUT2D eigenvalue weighted by atomic mass is 10.2. The zero-order valence-electron chi connectivity index (χ0n) is 9.76. The van der Waals surface area contributed by atoms with E-state index in [2.05, 4.69) is 15.3 Å². The van der Waals surface area contributed by atoms with Crippen LogP contribution in [-0.4, -0.2) is 17.1 Å². The van der Waals surface area contributed by atoms with E-state index in [1.165, 1.54) is 0 Å². The van der Waals surface area contributed by atoms with Crippen molar-refractivity contribution in [2.24, 2.45) is 0 Å². The van der Waals surface area contributed by atoms with Gasteiger partial charge in [0.05, 0.1) is 12.8 Å². The molecule has 0 bridgehead atoms. The average molecular weight is 229 g/mol. The Bertz CT molecular complexity index is 459. The van der Waals surface area contributed by atoms with Crippen molar-refractivity contribution in [1.82, 2.24) is 15.3 Å². The minimum Gasteiger partial charge on any atom is -0.481 e. The topological polar surface area (TPSA) is 47.0 Å². The number of hydrogen-bond acceptors (Lipinski definition) is 4. The van der Waals surface area contributed by atoms with Crippen molar-refractivity contribution >= 4 is 0 Å². The molecule has 1 N–H and O–H groups in total. The van der Waals surface area contributed by atoms with E-state index in [1.54, 1.807) is 19.5 Å². The molecule has 0 spiro atoms. The number of hydrogen-bond donors (Lipinski definition) is 1. The first kappa shape index (κ1) is 11.5. The molecule has 88 valence electrons. The molecule has 2 aromatic rings. The zero-order valence-corrected chi connectivity index (χ0v) is 9.76. The van der Waals surface area contributed by atoms with Crippen LogP contribution in [0.3, 0.4) is 0 Å². The van der Waals surface area contributed by atoms with Crippen LogP contribution in [-0.2, 0) is 13.1 Å². The standard InChI is InChI=1S/C13H15N3O/c1-17-13-8-11(5-7-16-13)9-14-10-12-4-2-3-6-15-12/h2-8,14H,9-10H2,1H3. The Balaban J connectivity index is 1.86. The van der Waals surface area contributed by atoms with Crippen LogP contribution in [0.4, 0.5) is 0 Å². The SMILES string of the molecule is COc1cc(CNCc2ccccn2)ccn1. The van der Waals surface area contributed by atoms with Crippen LogP contribution in [0.25, 0.3) is 0 Å². The minimum atomic E-state index is 0.641. The molecule has 0 radical (unpaired) electrons. The van der Waals surface area contributed by atoms with Gasteiger partial charge >= 0.3 is 0 Å². The molecule has 0 unspecified atom stereocenters. The van der Waals surface area contributed by atoms with Gasteiger partial charge in [-0.15, -0.1) is 0 Å². The molecule has 2 aromatic heterocycles. The highest BCUT2D eigenvalue weighted by Gasteiger charge is 1.97. The highest BCUT2D eigenvalue weighted by molar-refractivity contribution is 5.20. The molecule has 4 heteroatoms. The van der Waals surface area contributed by atoms with Gasteiger partial charge in [-0.2, -0.15) is 0 Å². The molecule has 0 saturated carbocycles. The van der Waals surface area contributed by atoms with Gasteiger partial charge in [0.15, 0.2) is 0 Å². The first-order valence-electron chi connectivity index (χ1n) is 5.48. The van der Waals surface area contributed by atoms with Crippen molar-refractivity contribution in [3.8, 4) is 5.88 Å². The summed E-state index contributed by atoms with van der Waals surface area (Å²) in [7, 11) is 1.62. The quantitative estimate of drug-likeness (QED) is 0.849. The second-order valence-electron chi connectivity index (χ2n) is 3.63. The van der Waals surface area contributed by atoms with Crippen molar-refractivity contribution in [2.75, 3.05) is 7.11 Å². The third-order valence-electron chi connectivity index (χ3n) is 2.37. The van der Waals surface area contributed by atoms with Gasteiger partial charge in [-0.3, -0.25) is 4.98 Å². The Morgan fingerprint density at radius 2 is 2.06 bits per heavy atom. The fraction of sp³-hybridized carbons (Fsp3) is 0.231. The van der Waals surface area contributed by atoms with E-state index in [1.807, 2.05) is 30.3 Å². The van der Waals surface area contributed by atoms with Crippen molar-refractivity contribution in [2.45, 2.75) is 13.1 Å². The molecule has 0 atom stereocenters. The molecule has 2 heterocycles. The molecule has 0 aliphatic rings. The van der Waals surface area contributed by atoms with Crippen molar-refractivity contribution in [3.63, 3.8) is 0 Å². The molecule has 2 rings (SSSR count). The summed E-state index contributed by atoms with van der Waals surface area (Å²) in [5.41, 5.74) is 2.18. The number of ether oxygens (including phenoxy) is 1. The fourth-order valence-corrected chi connectivity index (χ4v) is 1.51. The summed E-state index contributed by atoms with van der Waals surface area (Å²) in [4.78, 5) is 8.31. The molecular weight excluding hydrogens is 214 g/mol. The third-order valence-corrected chi connectivity index (χ3v) is 2.37. The van der Waals surface area contributed by atoms with E-state index in [-0.39, 0.29) is 0 Å². The van der Waals surface area contributed by atoms with Crippen molar-refractivity contribution in [1.29, 1.82) is 0 Å². The molecule has 0 amide bonds. The fourth-order valence-electron chi connectivity index (χ4n) is 1.51. The number of nitrogens with zero attached hydrogens (tertiary/aromatic N) is 2. The largest absolute Gasteiger partial charge is 0.481 e. The second kappa shape index (κ2) is 5.96. The van der Waals surface area contributed by atoms with Crippen LogP contribution in [0.15, 0.2) is 42.7 Å². The predicted octanol–water partition coefficient (Wildman–Crippen LogP) is 1.77. The van der Waals surface area contributed by atoms with E-state index in [0.717, 1.165) is 24.3 Å². The first-order valence-corrected chi connectivity index (χ1v) is 5.48. The van der Waals surface area contributed by atoms with Gasteiger partial charge in [0.25, 0.3) is 0 Å². The predicted molar refractivity (Wildman–Crippen MR) is 65.6 cm³/mol. The Labute approximate surface area is 101 Å². The Hall–Kier alpha value is -1.94. The summed E-state index contributed by atoms with van der Waals surface area (Å²) in [6, 6.07) is 9.79. The maximum atomic E-state index is 5.07. The number of nitrogens with one attached hydrogen (secondary N) is 1. The summed E-state index contributed by atoms with van der Waals surface area (Å²) in [6.45, 7) is 1.53. The van der Waals surface area contributed by atoms with E-state index >= 15 is 0 Å². The van der Waals surface area contributed by atoms with Gasteiger partial charge in [-0.05, 0) is 23.8 Å². The molecule has 0 aromatic carbocycles. The molecule has 0 saturated heterocycles. The number of aromatic nitrogens is 2. The molecular formula is C13H15N3O. The van der Waals surface area contributed by atoms with Crippen LogP contribution in [0, 0.1) is 0 Å².